The molecule has 0 aromatic rings. The Hall–Kier alpha value is 0. The molecular formula is C13H28. The van der Waals surface area contributed by atoms with Crippen molar-refractivity contribution in [2.75, 3.05) is 0 Å². The molecule has 1 aliphatic carbocycles. The minimum absolute atomic E-state index is 0. The van der Waals surface area contributed by atoms with Gasteiger partial charge in [-0.05, 0) is 11.8 Å². The molecule has 1 rings (SSSR count). The summed E-state index contributed by atoms with van der Waals surface area (Å²) < 4.78 is 0. The van der Waals surface area contributed by atoms with Crippen molar-refractivity contribution in [1.29, 1.82) is 0 Å². The average Bonchev–Trinajstić information content (AvgIpc) is 2.15. The number of hydrogen-bond donors (Lipinski definition) is 0. The third-order valence-corrected chi connectivity index (χ3v) is 3.34. The van der Waals surface area contributed by atoms with E-state index in [0.29, 0.717) is 0 Å². The molecule has 0 saturated heterocycles. The third-order valence-electron chi connectivity index (χ3n) is 3.34. The molecule has 0 heteroatoms. The summed E-state index contributed by atoms with van der Waals surface area (Å²) >= 11 is 0. The van der Waals surface area contributed by atoms with Gasteiger partial charge >= 0.3 is 0 Å². The smallest absolute Gasteiger partial charge is 0.0391 e. The lowest BCUT2D eigenvalue weighted by Crippen LogP contribution is -2.08. The molecule has 1 saturated carbocycles. The summed E-state index contributed by atoms with van der Waals surface area (Å²) in [5, 5.41) is 0. The van der Waals surface area contributed by atoms with Crippen molar-refractivity contribution in [2.24, 2.45) is 11.8 Å². The molecule has 0 nitrogen and oxygen atoms in total. The lowest BCUT2D eigenvalue weighted by atomic mass is 9.87. The third kappa shape index (κ3) is 5.33. The second kappa shape index (κ2) is 7.41. The molecule has 0 heterocycles. The Morgan fingerprint density at radius 2 is 1.15 bits per heavy atom. The van der Waals surface area contributed by atoms with Gasteiger partial charge in [-0.3, -0.25) is 0 Å². The van der Waals surface area contributed by atoms with Crippen LogP contribution in [0.4, 0.5) is 0 Å². The van der Waals surface area contributed by atoms with Gasteiger partial charge in [0.2, 0.25) is 0 Å². The van der Waals surface area contributed by atoms with Crippen LogP contribution in [0.1, 0.15) is 72.6 Å². The zero-order chi connectivity index (χ0) is 8.81. The molecule has 0 amide bonds. The molecule has 0 aromatic heterocycles. The molecule has 1 aliphatic rings. The highest BCUT2D eigenvalue weighted by Gasteiger charge is 2.13. The minimum Gasteiger partial charge on any atom is -0.0776 e. The predicted octanol–water partition coefficient (Wildman–Crippen LogP) is 5.03. The molecule has 80 valence electrons. The van der Waals surface area contributed by atoms with Crippen LogP contribution in [0.25, 0.3) is 0 Å². The van der Waals surface area contributed by atoms with E-state index >= 15 is 0 Å². The molecule has 0 bridgehead atoms. The van der Waals surface area contributed by atoms with Gasteiger partial charge in [-0.25, -0.2) is 0 Å². The topological polar surface area (TPSA) is 0 Å². The molecule has 0 spiro atoms. The van der Waals surface area contributed by atoms with Crippen LogP contribution < -0.4 is 0 Å². The van der Waals surface area contributed by atoms with Gasteiger partial charge in [-0.15, -0.1) is 0 Å². The van der Waals surface area contributed by atoms with Crippen LogP contribution in [-0.4, -0.2) is 0 Å². The first-order chi connectivity index (χ1) is 5.80. The highest BCUT2D eigenvalue weighted by Crippen LogP contribution is 2.27. The fourth-order valence-corrected chi connectivity index (χ4v) is 2.33. The second-order valence-corrected chi connectivity index (χ2v) is 4.70. The zero-order valence-electron chi connectivity index (χ0n) is 8.81. The normalized spacial score (nSPS) is 21.5. The van der Waals surface area contributed by atoms with Crippen LogP contribution in [-0.2, 0) is 0 Å². The predicted molar refractivity (Wildman–Crippen MR) is 62.0 cm³/mol. The van der Waals surface area contributed by atoms with E-state index < -0.39 is 0 Å². The molecule has 0 aromatic carbocycles. The van der Waals surface area contributed by atoms with Gasteiger partial charge in [-0.2, -0.15) is 0 Å². The molecule has 1 fully saturated rings. The average molecular weight is 184 g/mol. The van der Waals surface area contributed by atoms with E-state index in [2.05, 4.69) is 13.8 Å². The standard InChI is InChI=1S/C12H24.CH4/c1-11(2)12-9-7-5-3-4-6-8-10-12;/h11-12H,3-10H2,1-2H3;1H4. The van der Waals surface area contributed by atoms with Crippen LogP contribution in [0.3, 0.4) is 0 Å². The quantitative estimate of drug-likeness (QED) is 0.536. The Balaban J connectivity index is 0.00000144. The van der Waals surface area contributed by atoms with Gasteiger partial charge in [-0.1, -0.05) is 72.6 Å². The molecule has 0 N–H and O–H groups in total. The first-order valence-corrected chi connectivity index (χ1v) is 5.80. The highest BCUT2D eigenvalue weighted by molar-refractivity contribution is 4.65. The number of hydrogen-bond acceptors (Lipinski definition) is 0. The Bertz CT molecular complexity index is 94.6. The summed E-state index contributed by atoms with van der Waals surface area (Å²) in [4.78, 5) is 0. The maximum atomic E-state index is 2.39. The van der Waals surface area contributed by atoms with E-state index in [-0.39, 0.29) is 7.43 Å². The summed E-state index contributed by atoms with van der Waals surface area (Å²) in [5.74, 6) is 1.95. The van der Waals surface area contributed by atoms with Crippen molar-refractivity contribution in [1.82, 2.24) is 0 Å². The van der Waals surface area contributed by atoms with Gasteiger partial charge in [0.05, 0.1) is 0 Å². The largest absolute Gasteiger partial charge is 0.0776 e. The van der Waals surface area contributed by atoms with E-state index in [4.69, 9.17) is 0 Å². The first-order valence-electron chi connectivity index (χ1n) is 5.80. The maximum absolute atomic E-state index is 2.39. The van der Waals surface area contributed by atoms with E-state index in [9.17, 15) is 0 Å². The van der Waals surface area contributed by atoms with E-state index in [1.54, 1.807) is 0 Å². The minimum atomic E-state index is 0. The molecule has 0 unspecified atom stereocenters. The summed E-state index contributed by atoms with van der Waals surface area (Å²) in [5.41, 5.74) is 0. The lowest BCUT2D eigenvalue weighted by Gasteiger charge is -2.19. The van der Waals surface area contributed by atoms with Crippen LogP contribution in [0.15, 0.2) is 0 Å². The van der Waals surface area contributed by atoms with Crippen LogP contribution in [0, 0.1) is 11.8 Å². The van der Waals surface area contributed by atoms with Crippen molar-refractivity contribution >= 4 is 0 Å². The summed E-state index contributed by atoms with van der Waals surface area (Å²) in [6, 6.07) is 0. The molecular weight excluding hydrogens is 156 g/mol. The van der Waals surface area contributed by atoms with Crippen LogP contribution in [0.2, 0.25) is 0 Å². The first kappa shape index (κ1) is 13.0. The van der Waals surface area contributed by atoms with Crippen molar-refractivity contribution in [3.63, 3.8) is 0 Å². The summed E-state index contributed by atoms with van der Waals surface area (Å²) in [6.07, 6.45) is 11.9. The molecule has 0 radical (unpaired) electrons. The van der Waals surface area contributed by atoms with Gasteiger partial charge in [0.1, 0.15) is 0 Å². The van der Waals surface area contributed by atoms with Crippen molar-refractivity contribution in [3.05, 3.63) is 0 Å². The van der Waals surface area contributed by atoms with Gasteiger partial charge in [0.25, 0.3) is 0 Å². The summed E-state index contributed by atoms with van der Waals surface area (Å²) in [6.45, 7) is 4.78. The van der Waals surface area contributed by atoms with Crippen molar-refractivity contribution in [3.8, 4) is 0 Å². The molecule has 0 atom stereocenters. The molecule has 0 aliphatic heterocycles. The van der Waals surface area contributed by atoms with Crippen molar-refractivity contribution < 1.29 is 0 Å². The Kier molecular flexibility index (Phi) is 7.41. The van der Waals surface area contributed by atoms with E-state index in [1.807, 2.05) is 0 Å². The molecule has 13 heavy (non-hydrogen) atoms. The lowest BCUT2D eigenvalue weighted by molar-refractivity contribution is 0.324. The van der Waals surface area contributed by atoms with Gasteiger partial charge < -0.3 is 0 Å². The van der Waals surface area contributed by atoms with Crippen molar-refractivity contribution in [2.45, 2.75) is 72.6 Å². The van der Waals surface area contributed by atoms with Crippen LogP contribution in [0.5, 0.6) is 0 Å². The maximum Gasteiger partial charge on any atom is -0.0391 e. The Morgan fingerprint density at radius 3 is 1.54 bits per heavy atom. The zero-order valence-corrected chi connectivity index (χ0v) is 8.81. The van der Waals surface area contributed by atoms with Crippen LogP contribution >= 0.6 is 0 Å². The Morgan fingerprint density at radius 1 is 0.769 bits per heavy atom. The van der Waals surface area contributed by atoms with E-state index in [0.717, 1.165) is 11.8 Å². The Labute approximate surface area is 85.1 Å². The number of rotatable bonds is 1. The fraction of sp³-hybridized carbons (Fsp3) is 1.00. The summed E-state index contributed by atoms with van der Waals surface area (Å²) in [7, 11) is 0. The van der Waals surface area contributed by atoms with E-state index in [1.165, 1.54) is 51.4 Å². The monoisotopic (exact) mass is 184 g/mol. The highest BCUT2D eigenvalue weighted by atomic mass is 14.2. The fourth-order valence-electron chi connectivity index (χ4n) is 2.33. The van der Waals surface area contributed by atoms with Gasteiger partial charge in [0, 0.05) is 0 Å². The second-order valence-electron chi connectivity index (χ2n) is 4.70. The SMILES string of the molecule is C.CC(C)C1CCCCCCCC1. The van der Waals surface area contributed by atoms with Gasteiger partial charge in [0.15, 0.2) is 0 Å².